The number of ether oxygens (including phenoxy) is 3. The zero-order valence-corrected chi connectivity index (χ0v) is 19.5. The third-order valence-electron chi connectivity index (χ3n) is 4.87. The smallest absolute Gasteiger partial charge is 0.339 e. The summed E-state index contributed by atoms with van der Waals surface area (Å²) in [5, 5.41) is 2.16. The Morgan fingerprint density at radius 3 is 2.15 bits per heavy atom. The van der Waals surface area contributed by atoms with Gasteiger partial charge in [-0.25, -0.2) is 22.7 Å². The molecule has 0 saturated carbocycles. The molecule has 2 N–H and O–H groups in total. The van der Waals surface area contributed by atoms with Crippen molar-refractivity contribution < 1.29 is 37.0 Å². The van der Waals surface area contributed by atoms with Crippen LogP contribution in [0.25, 0.3) is 0 Å². The van der Waals surface area contributed by atoms with Gasteiger partial charge in [0.1, 0.15) is 4.90 Å². The van der Waals surface area contributed by atoms with Crippen LogP contribution >= 0.6 is 0 Å². The van der Waals surface area contributed by atoms with Crippen LogP contribution < -0.4 is 19.5 Å². The van der Waals surface area contributed by atoms with Gasteiger partial charge in [-0.2, -0.15) is 9.97 Å². The summed E-state index contributed by atoms with van der Waals surface area (Å²) < 4.78 is 42.4. The highest BCUT2D eigenvalue weighted by Crippen LogP contribution is 2.22. The highest BCUT2D eigenvalue weighted by Gasteiger charge is 2.28. The number of rotatable bonds is 7. The first kappa shape index (κ1) is 24.7. The van der Waals surface area contributed by atoms with Crippen molar-refractivity contribution in [2.75, 3.05) is 39.7 Å². The number of hydrogen-bond acceptors (Lipinski definition) is 10. The van der Waals surface area contributed by atoms with Crippen molar-refractivity contribution in [3.8, 4) is 11.8 Å². The molecular formula is C20H23N5O8S. The highest BCUT2D eigenvalue weighted by molar-refractivity contribution is 7.90. The van der Waals surface area contributed by atoms with E-state index in [1.807, 2.05) is 0 Å². The number of amides is 3. The Kier molecular flexibility index (Phi) is 7.50. The van der Waals surface area contributed by atoms with Crippen LogP contribution in [0, 0.1) is 0 Å². The number of carbonyl (C=O) groups excluding carboxylic acids is 3. The summed E-state index contributed by atoms with van der Waals surface area (Å²) in [5.74, 6) is -1.51. The lowest BCUT2D eigenvalue weighted by Gasteiger charge is -2.17. The fourth-order valence-electron chi connectivity index (χ4n) is 3.23. The molecule has 1 fully saturated rings. The number of nitrogens with zero attached hydrogens (tertiary/aromatic N) is 3. The SMILES string of the molecule is COC(=O)c1ccc(C(=O)N2CCCC2)cc1S(=O)(=O)NC(=O)Nc1nc(OC)cc(OC)n1. The Labute approximate surface area is 195 Å². The molecule has 0 unspecified atom stereocenters. The van der Waals surface area contributed by atoms with Crippen molar-refractivity contribution >= 4 is 33.9 Å². The maximum atomic E-state index is 13.0. The van der Waals surface area contributed by atoms with Gasteiger partial charge in [0.05, 0.1) is 33.0 Å². The van der Waals surface area contributed by atoms with Gasteiger partial charge >= 0.3 is 12.0 Å². The van der Waals surface area contributed by atoms with Crippen LogP contribution in [0.1, 0.15) is 33.6 Å². The maximum absolute atomic E-state index is 13.0. The Morgan fingerprint density at radius 1 is 0.971 bits per heavy atom. The second-order valence-electron chi connectivity index (χ2n) is 7.04. The third-order valence-corrected chi connectivity index (χ3v) is 6.24. The summed E-state index contributed by atoms with van der Waals surface area (Å²) in [6.45, 7) is 1.09. The molecule has 1 aliphatic heterocycles. The van der Waals surface area contributed by atoms with Crippen molar-refractivity contribution in [3.05, 3.63) is 35.4 Å². The van der Waals surface area contributed by atoms with E-state index in [-0.39, 0.29) is 34.7 Å². The number of anilines is 1. The molecule has 1 saturated heterocycles. The Balaban J connectivity index is 1.90. The van der Waals surface area contributed by atoms with E-state index in [2.05, 4.69) is 20.0 Å². The maximum Gasteiger partial charge on any atom is 0.339 e. The Bertz CT molecular complexity index is 1190. The Morgan fingerprint density at radius 2 is 1.59 bits per heavy atom. The fourth-order valence-corrected chi connectivity index (χ4v) is 4.36. The van der Waals surface area contributed by atoms with E-state index in [9.17, 15) is 22.8 Å². The van der Waals surface area contributed by atoms with Crippen molar-refractivity contribution in [2.45, 2.75) is 17.7 Å². The molecule has 13 nitrogen and oxygen atoms in total. The molecule has 1 aliphatic rings. The molecule has 0 aliphatic carbocycles. The quantitative estimate of drug-likeness (QED) is 0.532. The molecule has 14 heteroatoms. The standard InChI is InChI=1S/C20H23N5O8S/c1-31-15-11-16(32-2)22-19(21-15)23-20(28)24-34(29,30)14-10-12(6-7-13(14)18(27)33-3)17(26)25-8-4-5-9-25/h6-7,10-11H,4-5,8-9H2,1-3H3,(H2,21,22,23,24,28). The van der Waals surface area contributed by atoms with Crippen LogP contribution in [0.3, 0.4) is 0 Å². The van der Waals surface area contributed by atoms with E-state index < -0.39 is 26.9 Å². The minimum Gasteiger partial charge on any atom is -0.481 e. The van der Waals surface area contributed by atoms with Crippen LogP contribution in [0.2, 0.25) is 0 Å². The average molecular weight is 493 g/mol. The molecule has 0 bridgehead atoms. The van der Waals surface area contributed by atoms with Crippen LogP contribution in [0.4, 0.5) is 10.7 Å². The van der Waals surface area contributed by atoms with Gasteiger partial charge in [-0.1, -0.05) is 0 Å². The van der Waals surface area contributed by atoms with E-state index in [4.69, 9.17) is 9.47 Å². The number of esters is 1. The minimum absolute atomic E-state index is 0.0520. The number of methoxy groups -OCH3 is 3. The molecule has 0 atom stereocenters. The van der Waals surface area contributed by atoms with Gasteiger partial charge in [-0.3, -0.25) is 10.1 Å². The van der Waals surface area contributed by atoms with Gasteiger partial charge in [0, 0.05) is 18.7 Å². The topological polar surface area (TPSA) is 166 Å². The molecule has 2 aromatic rings. The first-order valence-electron chi connectivity index (χ1n) is 10.0. The number of hydrogen-bond donors (Lipinski definition) is 2. The second-order valence-corrected chi connectivity index (χ2v) is 8.69. The first-order valence-corrected chi connectivity index (χ1v) is 11.5. The van der Waals surface area contributed by atoms with Gasteiger partial charge in [-0.15, -0.1) is 0 Å². The van der Waals surface area contributed by atoms with E-state index in [1.54, 1.807) is 9.62 Å². The lowest BCUT2D eigenvalue weighted by Crippen LogP contribution is -2.36. The third kappa shape index (κ3) is 5.51. The first-order chi connectivity index (χ1) is 16.2. The van der Waals surface area contributed by atoms with Gasteiger partial charge in [0.25, 0.3) is 15.9 Å². The zero-order valence-electron chi connectivity index (χ0n) is 18.7. The Hall–Kier alpha value is -3.94. The number of urea groups is 1. The van der Waals surface area contributed by atoms with Crippen molar-refractivity contribution in [2.24, 2.45) is 0 Å². The highest BCUT2D eigenvalue weighted by atomic mass is 32.2. The minimum atomic E-state index is -4.63. The average Bonchev–Trinajstić information content (AvgIpc) is 3.37. The van der Waals surface area contributed by atoms with E-state index in [0.717, 1.165) is 32.1 Å². The number of sulfonamides is 1. The van der Waals surface area contributed by atoms with Crippen LogP contribution in [0.5, 0.6) is 11.8 Å². The largest absolute Gasteiger partial charge is 0.481 e. The number of nitrogens with one attached hydrogen (secondary N) is 2. The van der Waals surface area contributed by atoms with Gasteiger partial charge in [0.15, 0.2) is 0 Å². The molecule has 3 amide bonds. The van der Waals surface area contributed by atoms with Gasteiger partial charge in [-0.05, 0) is 31.0 Å². The number of aromatic nitrogens is 2. The zero-order chi connectivity index (χ0) is 24.9. The van der Waals surface area contributed by atoms with Gasteiger partial charge < -0.3 is 19.1 Å². The number of carbonyl (C=O) groups is 3. The lowest BCUT2D eigenvalue weighted by atomic mass is 10.1. The molecule has 182 valence electrons. The van der Waals surface area contributed by atoms with Crippen molar-refractivity contribution in [1.82, 2.24) is 19.6 Å². The predicted molar refractivity (Wildman–Crippen MR) is 117 cm³/mol. The summed E-state index contributed by atoms with van der Waals surface area (Å²) in [4.78, 5) is 46.1. The normalized spacial score (nSPS) is 13.2. The summed E-state index contributed by atoms with van der Waals surface area (Å²) in [6, 6.07) is 3.67. The van der Waals surface area contributed by atoms with E-state index in [0.29, 0.717) is 13.1 Å². The summed E-state index contributed by atoms with van der Waals surface area (Å²) in [6.07, 6.45) is 1.69. The second kappa shape index (κ2) is 10.3. The molecule has 1 aromatic heterocycles. The molecule has 1 aromatic carbocycles. The number of benzene rings is 1. The molecular weight excluding hydrogens is 470 g/mol. The fraction of sp³-hybridized carbons (Fsp3) is 0.350. The van der Waals surface area contributed by atoms with Gasteiger partial charge in [0.2, 0.25) is 17.7 Å². The molecule has 2 heterocycles. The predicted octanol–water partition coefficient (Wildman–Crippen LogP) is 1.03. The lowest BCUT2D eigenvalue weighted by molar-refractivity contribution is 0.0595. The van der Waals surface area contributed by atoms with E-state index >= 15 is 0 Å². The molecule has 34 heavy (non-hydrogen) atoms. The summed E-state index contributed by atoms with van der Waals surface area (Å²) in [5.41, 5.74) is -0.295. The van der Waals surface area contributed by atoms with E-state index in [1.165, 1.54) is 26.4 Å². The van der Waals surface area contributed by atoms with Crippen molar-refractivity contribution in [3.63, 3.8) is 0 Å². The van der Waals surface area contributed by atoms with Crippen LogP contribution in [-0.4, -0.2) is 75.6 Å². The summed E-state index contributed by atoms with van der Waals surface area (Å²) >= 11 is 0. The number of likely N-dealkylation sites (tertiary alicyclic amines) is 1. The van der Waals surface area contributed by atoms with Crippen LogP contribution in [-0.2, 0) is 14.8 Å². The summed E-state index contributed by atoms with van der Waals surface area (Å²) in [7, 11) is -0.881. The van der Waals surface area contributed by atoms with Crippen molar-refractivity contribution in [1.29, 1.82) is 0 Å². The van der Waals surface area contributed by atoms with Crippen LogP contribution in [0.15, 0.2) is 29.2 Å². The molecule has 3 rings (SSSR count). The molecule has 0 spiro atoms. The monoisotopic (exact) mass is 493 g/mol. The molecule has 0 radical (unpaired) electrons.